The highest BCUT2D eigenvalue weighted by Gasteiger charge is 2.62. The Morgan fingerprint density at radius 2 is 1.71 bits per heavy atom. The second kappa shape index (κ2) is 9.74. The van der Waals surface area contributed by atoms with E-state index in [1.807, 2.05) is 0 Å². The Morgan fingerprint density at radius 3 is 2.40 bits per heavy atom. The van der Waals surface area contributed by atoms with Crippen LogP contribution in [0.3, 0.4) is 0 Å². The van der Waals surface area contributed by atoms with Crippen LogP contribution in [0, 0.1) is 58.2 Å². The first-order valence-electron chi connectivity index (χ1n) is 14.2. The number of carbonyl (C=O) groups excluding carboxylic acids is 2. The zero-order chi connectivity index (χ0) is 25.7. The zero-order valence-electron chi connectivity index (χ0n) is 22.8. The van der Waals surface area contributed by atoms with Crippen LogP contribution < -0.4 is 0 Å². The summed E-state index contributed by atoms with van der Waals surface area (Å²) in [5, 5.41) is 21.4. The highest BCUT2D eigenvalue weighted by atomic mass is 16.5. The Bertz CT molecular complexity index is 863. The molecule has 0 aromatic rings. The van der Waals surface area contributed by atoms with Crippen LogP contribution in [0.15, 0.2) is 11.5 Å². The molecule has 10 atom stereocenters. The Kier molecular flexibility index (Phi) is 7.39. The van der Waals surface area contributed by atoms with Crippen molar-refractivity contribution in [3.05, 3.63) is 11.5 Å². The maximum atomic E-state index is 12.2. The van der Waals surface area contributed by atoms with Crippen LogP contribution in [0.1, 0.15) is 99.3 Å². The van der Waals surface area contributed by atoms with Crippen LogP contribution >= 0.6 is 0 Å². The third kappa shape index (κ3) is 4.44. The molecule has 5 heteroatoms. The molecule has 3 saturated carbocycles. The highest BCUT2D eigenvalue weighted by molar-refractivity contribution is 5.94. The number of fused-ring (bicyclic) bond motifs is 5. The second-order valence-corrected chi connectivity index (χ2v) is 13.3. The van der Waals surface area contributed by atoms with Gasteiger partial charge in [-0.3, -0.25) is 9.59 Å². The lowest BCUT2D eigenvalue weighted by Crippen LogP contribution is -2.54. The van der Waals surface area contributed by atoms with E-state index in [9.17, 15) is 19.8 Å². The van der Waals surface area contributed by atoms with Crippen molar-refractivity contribution in [2.45, 2.75) is 99.3 Å². The van der Waals surface area contributed by atoms with Crippen molar-refractivity contribution < 1.29 is 24.5 Å². The van der Waals surface area contributed by atoms with Crippen molar-refractivity contribution in [2.75, 3.05) is 6.61 Å². The summed E-state index contributed by atoms with van der Waals surface area (Å²) in [6.45, 7) is 13.6. The quantitative estimate of drug-likeness (QED) is 0.376. The zero-order valence-corrected chi connectivity index (χ0v) is 22.8. The normalized spacial score (nSPS) is 41.4. The van der Waals surface area contributed by atoms with Crippen LogP contribution in [0.4, 0.5) is 0 Å². The molecular weight excluding hydrogens is 440 g/mol. The molecule has 0 bridgehead atoms. The first-order valence-corrected chi connectivity index (χ1v) is 14.2. The molecule has 5 nitrogen and oxygen atoms in total. The van der Waals surface area contributed by atoms with Crippen molar-refractivity contribution >= 4 is 11.8 Å². The van der Waals surface area contributed by atoms with Crippen molar-refractivity contribution in [1.82, 2.24) is 0 Å². The molecule has 0 aliphatic heterocycles. The van der Waals surface area contributed by atoms with E-state index in [4.69, 9.17) is 4.74 Å². The maximum absolute atomic E-state index is 12.2. The summed E-state index contributed by atoms with van der Waals surface area (Å²) in [5.74, 6) is 3.18. The van der Waals surface area contributed by atoms with E-state index in [-0.39, 0.29) is 29.2 Å². The number of allylic oxidation sites excluding steroid dienone is 2. The summed E-state index contributed by atoms with van der Waals surface area (Å²) in [4.78, 5) is 23.4. The number of ether oxygens (including phenoxy) is 1. The molecule has 4 rings (SSSR count). The number of ketones is 1. The van der Waals surface area contributed by atoms with E-state index < -0.39 is 5.41 Å². The number of rotatable bonds is 7. The molecule has 1 unspecified atom stereocenters. The number of aliphatic hydroxyl groups excluding tert-OH is 2. The first-order chi connectivity index (χ1) is 16.4. The van der Waals surface area contributed by atoms with Gasteiger partial charge >= 0.3 is 5.97 Å². The molecule has 0 aromatic heterocycles. The Hall–Kier alpha value is -1.52. The van der Waals surface area contributed by atoms with Gasteiger partial charge in [-0.05, 0) is 91.3 Å². The summed E-state index contributed by atoms with van der Waals surface area (Å²) in [6.07, 6.45) is 9.70. The van der Waals surface area contributed by atoms with Gasteiger partial charge < -0.3 is 14.9 Å². The standard InChI is InChI=1S/C30H48O5/c1-17(19(3)16-35-20(4)31)7-8-18(2)23-11-12-24-22-10-9-21-15-26(32)27(33)28(34)30(21,6)25(22)13-14-29(23,24)5/h17-19,21-25,33-34H,7-16H2,1-6H3/t17-,18+,19-,21?,22-,23+,24-,25-,29+,30-/m0/s1. The number of Topliss-reactive ketones (excluding diaryl/α,β-unsaturated/α-hetero) is 1. The van der Waals surface area contributed by atoms with E-state index in [2.05, 4.69) is 34.6 Å². The third-order valence-electron chi connectivity index (χ3n) is 11.7. The van der Waals surface area contributed by atoms with Crippen LogP contribution in [0.5, 0.6) is 0 Å². The van der Waals surface area contributed by atoms with Gasteiger partial charge in [-0.1, -0.05) is 47.5 Å². The summed E-state index contributed by atoms with van der Waals surface area (Å²) in [7, 11) is 0. The molecule has 2 N–H and O–H groups in total. The van der Waals surface area contributed by atoms with Crippen LogP contribution in [-0.2, 0) is 14.3 Å². The molecule has 0 spiro atoms. The number of hydrogen-bond acceptors (Lipinski definition) is 5. The minimum atomic E-state index is -0.459. The lowest BCUT2D eigenvalue weighted by atomic mass is 9.45. The topological polar surface area (TPSA) is 83.8 Å². The van der Waals surface area contributed by atoms with Gasteiger partial charge in [0, 0.05) is 18.8 Å². The Labute approximate surface area is 212 Å². The fraction of sp³-hybridized carbons (Fsp3) is 0.867. The molecule has 0 saturated heterocycles. The van der Waals surface area contributed by atoms with Crippen molar-refractivity contribution in [2.24, 2.45) is 58.2 Å². The summed E-state index contributed by atoms with van der Waals surface area (Å²) >= 11 is 0. The lowest BCUT2D eigenvalue weighted by Gasteiger charge is -2.59. The highest BCUT2D eigenvalue weighted by Crippen LogP contribution is 2.68. The lowest BCUT2D eigenvalue weighted by molar-refractivity contribution is -0.142. The predicted octanol–water partition coefficient (Wildman–Crippen LogP) is 7.01. The van der Waals surface area contributed by atoms with E-state index in [0.717, 1.165) is 25.2 Å². The van der Waals surface area contributed by atoms with Crippen LogP contribution in [0.25, 0.3) is 0 Å². The van der Waals surface area contributed by atoms with Crippen molar-refractivity contribution in [3.8, 4) is 0 Å². The monoisotopic (exact) mass is 488 g/mol. The Morgan fingerprint density at radius 1 is 1.00 bits per heavy atom. The summed E-state index contributed by atoms with van der Waals surface area (Å²) in [5.41, 5.74) is -0.123. The fourth-order valence-corrected chi connectivity index (χ4v) is 9.22. The minimum absolute atomic E-state index is 0.0168. The first kappa shape index (κ1) is 26.5. The summed E-state index contributed by atoms with van der Waals surface area (Å²) in [6, 6.07) is 0. The Balaban J connectivity index is 1.43. The van der Waals surface area contributed by atoms with Gasteiger partial charge in [0.2, 0.25) is 5.78 Å². The average Bonchev–Trinajstić information content (AvgIpc) is 3.17. The van der Waals surface area contributed by atoms with Gasteiger partial charge in [-0.25, -0.2) is 0 Å². The van der Waals surface area contributed by atoms with Gasteiger partial charge in [0.05, 0.1) is 6.61 Å². The van der Waals surface area contributed by atoms with E-state index >= 15 is 0 Å². The van der Waals surface area contributed by atoms with Gasteiger partial charge in [-0.2, -0.15) is 0 Å². The van der Waals surface area contributed by atoms with Crippen molar-refractivity contribution in [3.63, 3.8) is 0 Å². The molecule has 0 radical (unpaired) electrons. The van der Waals surface area contributed by atoms with Gasteiger partial charge in [-0.15, -0.1) is 0 Å². The van der Waals surface area contributed by atoms with E-state index in [0.29, 0.717) is 54.0 Å². The molecule has 0 aromatic carbocycles. The SMILES string of the molecule is CC(=O)OC[C@H](C)[C@@H](C)CC[C@@H](C)[C@H]1CC[C@H]2[C@@H]3CCC4CC(=O)C(O)=C(O)[C@]4(C)[C@H]3CC[C@]12C. The molecule has 35 heavy (non-hydrogen) atoms. The van der Waals surface area contributed by atoms with E-state index in [1.165, 1.54) is 39.0 Å². The molecule has 3 fully saturated rings. The van der Waals surface area contributed by atoms with Gasteiger partial charge in [0.1, 0.15) is 5.76 Å². The van der Waals surface area contributed by atoms with E-state index in [1.54, 1.807) is 0 Å². The molecule has 4 aliphatic carbocycles. The van der Waals surface area contributed by atoms with Gasteiger partial charge in [0.25, 0.3) is 0 Å². The van der Waals surface area contributed by atoms with Gasteiger partial charge in [0.15, 0.2) is 5.76 Å². The third-order valence-corrected chi connectivity index (χ3v) is 11.7. The number of hydrogen-bond donors (Lipinski definition) is 2. The van der Waals surface area contributed by atoms with Crippen molar-refractivity contribution in [1.29, 1.82) is 0 Å². The number of carbonyl (C=O) groups is 2. The summed E-state index contributed by atoms with van der Waals surface area (Å²) < 4.78 is 5.24. The molecule has 198 valence electrons. The second-order valence-electron chi connectivity index (χ2n) is 13.3. The number of aliphatic hydroxyl groups is 2. The average molecular weight is 489 g/mol. The molecule has 0 heterocycles. The van der Waals surface area contributed by atoms with Crippen LogP contribution in [-0.4, -0.2) is 28.6 Å². The molecule has 0 amide bonds. The minimum Gasteiger partial charge on any atom is -0.508 e. The smallest absolute Gasteiger partial charge is 0.302 e. The fourth-order valence-electron chi connectivity index (χ4n) is 9.22. The molecular formula is C30H48O5. The maximum Gasteiger partial charge on any atom is 0.302 e. The predicted molar refractivity (Wildman–Crippen MR) is 137 cm³/mol. The number of esters is 1. The largest absolute Gasteiger partial charge is 0.508 e. The molecule has 4 aliphatic rings. The van der Waals surface area contributed by atoms with Crippen LogP contribution in [0.2, 0.25) is 0 Å².